The van der Waals surface area contributed by atoms with Crippen molar-refractivity contribution in [1.29, 1.82) is 0 Å². The average Bonchev–Trinajstić information content (AvgIpc) is 2.77. The highest BCUT2D eigenvalue weighted by Gasteiger charge is 2.20. The average molecular weight is 409 g/mol. The van der Waals surface area contributed by atoms with E-state index in [1.54, 1.807) is 0 Å². The van der Waals surface area contributed by atoms with Gasteiger partial charge in [0.05, 0.1) is 17.8 Å². The fourth-order valence-electron chi connectivity index (χ4n) is 4.32. The first-order valence-corrected chi connectivity index (χ1v) is 11.7. The first kappa shape index (κ1) is 22.6. The van der Waals surface area contributed by atoms with Gasteiger partial charge < -0.3 is 9.84 Å². The molecule has 162 valence electrons. The zero-order chi connectivity index (χ0) is 21.3. The van der Waals surface area contributed by atoms with E-state index in [1.807, 2.05) is 31.2 Å². The molecule has 0 unspecified atom stereocenters. The second-order valence-electron chi connectivity index (χ2n) is 8.77. The third kappa shape index (κ3) is 6.43. The smallest absolute Gasteiger partial charge is 0.338 e. The van der Waals surface area contributed by atoms with Crippen LogP contribution in [-0.4, -0.2) is 23.3 Å². The van der Waals surface area contributed by atoms with E-state index in [0.717, 1.165) is 49.7 Å². The minimum atomic E-state index is -0.237. The molecule has 1 fully saturated rings. The van der Waals surface area contributed by atoms with Crippen LogP contribution in [0.25, 0.3) is 11.1 Å². The molecule has 1 atom stereocenters. The zero-order valence-electron chi connectivity index (χ0n) is 18.5. The number of rotatable bonds is 9. The number of benzene rings is 2. The van der Waals surface area contributed by atoms with Crippen LogP contribution in [-0.2, 0) is 4.74 Å². The maximum absolute atomic E-state index is 12.4. The Morgan fingerprint density at radius 3 is 2.13 bits per heavy atom. The highest BCUT2D eigenvalue weighted by Crippen LogP contribution is 2.33. The normalized spacial score (nSPS) is 20.0. The van der Waals surface area contributed by atoms with Gasteiger partial charge in [0, 0.05) is 0 Å². The van der Waals surface area contributed by atoms with Gasteiger partial charge >= 0.3 is 5.97 Å². The molecule has 0 aromatic heterocycles. The lowest BCUT2D eigenvalue weighted by Crippen LogP contribution is -2.16. The molecule has 0 aliphatic heterocycles. The Morgan fingerprint density at radius 2 is 1.53 bits per heavy atom. The summed E-state index contributed by atoms with van der Waals surface area (Å²) >= 11 is 0. The molecule has 1 N–H and O–H groups in total. The van der Waals surface area contributed by atoms with E-state index in [2.05, 4.69) is 31.2 Å². The predicted octanol–water partition coefficient (Wildman–Crippen LogP) is 6.89. The van der Waals surface area contributed by atoms with Crippen molar-refractivity contribution < 1.29 is 14.6 Å². The summed E-state index contributed by atoms with van der Waals surface area (Å²) < 4.78 is 5.60. The van der Waals surface area contributed by atoms with Gasteiger partial charge in [0.25, 0.3) is 0 Å². The fraction of sp³-hybridized carbons (Fsp3) is 0.519. The number of hydrogen-bond acceptors (Lipinski definition) is 3. The van der Waals surface area contributed by atoms with Gasteiger partial charge in [0.2, 0.25) is 0 Å². The first-order chi connectivity index (χ1) is 14.6. The third-order valence-corrected chi connectivity index (χ3v) is 6.31. The maximum Gasteiger partial charge on any atom is 0.338 e. The zero-order valence-corrected chi connectivity index (χ0v) is 18.5. The van der Waals surface area contributed by atoms with Crippen LogP contribution in [0.4, 0.5) is 0 Å². The molecule has 3 rings (SSSR count). The van der Waals surface area contributed by atoms with Gasteiger partial charge in [0.15, 0.2) is 0 Å². The third-order valence-electron chi connectivity index (χ3n) is 6.31. The second kappa shape index (κ2) is 11.3. The van der Waals surface area contributed by atoms with Gasteiger partial charge in [-0.2, -0.15) is 0 Å². The highest BCUT2D eigenvalue weighted by molar-refractivity contribution is 5.90. The molecular weight excluding hydrogens is 372 g/mol. The van der Waals surface area contributed by atoms with Crippen LogP contribution in [0.5, 0.6) is 0 Å². The van der Waals surface area contributed by atoms with E-state index in [1.165, 1.54) is 24.8 Å². The Bertz CT molecular complexity index is 771. The topological polar surface area (TPSA) is 46.5 Å². The minimum Gasteiger partial charge on any atom is -0.459 e. The predicted molar refractivity (Wildman–Crippen MR) is 123 cm³/mol. The van der Waals surface area contributed by atoms with E-state index in [-0.39, 0.29) is 18.2 Å². The Morgan fingerprint density at radius 1 is 0.933 bits per heavy atom. The van der Waals surface area contributed by atoms with E-state index < -0.39 is 0 Å². The van der Waals surface area contributed by atoms with E-state index in [9.17, 15) is 9.90 Å². The van der Waals surface area contributed by atoms with Crippen LogP contribution < -0.4 is 0 Å². The molecule has 2 aromatic carbocycles. The van der Waals surface area contributed by atoms with E-state index >= 15 is 0 Å². The Kier molecular flexibility index (Phi) is 8.50. The van der Waals surface area contributed by atoms with Crippen molar-refractivity contribution in [1.82, 2.24) is 0 Å². The number of unbranched alkanes of at least 4 members (excludes halogenated alkanes) is 3. The fourth-order valence-corrected chi connectivity index (χ4v) is 4.32. The molecule has 1 saturated carbocycles. The van der Waals surface area contributed by atoms with Crippen LogP contribution >= 0.6 is 0 Å². The lowest BCUT2D eigenvalue weighted by molar-refractivity contribution is 0.0319. The Labute approximate surface area is 181 Å². The van der Waals surface area contributed by atoms with Crippen molar-refractivity contribution in [3.63, 3.8) is 0 Å². The standard InChI is InChI=1S/C27H36O3/c1-3-4-5-6-7-20(2)30-27(29)25-14-12-23(13-15-25)21-8-10-22(11-9-21)24-16-18-26(28)19-17-24/h8-15,20,24,26,28H,3-7,16-19H2,1-2H3/t20-,24-,26-/m1/s1. The second-order valence-corrected chi connectivity index (χ2v) is 8.77. The molecule has 1 aliphatic rings. The summed E-state index contributed by atoms with van der Waals surface area (Å²) in [5, 5.41) is 9.70. The summed E-state index contributed by atoms with van der Waals surface area (Å²) in [5.41, 5.74) is 4.22. The lowest BCUT2D eigenvalue weighted by Gasteiger charge is -2.25. The number of ether oxygens (including phenoxy) is 1. The largest absolute Gasteiger partial charge is 0.459 e. The van der Waals surface area contributed by atoms with Crippen LogP contribution in [0.15, 0.2) is 48.5 Å². The van der Waals surface area contributed by atoms with E-state index in [4.69, 9.17) is 4.74 Å². The van der Waals surface area contributed by atoms with Crippen LogP contribution in [0.1, 0.15) is 93.5 Å². The molecule has 2 aromatic rings. The Balaban J connectivity index is 1.54. The van der Waals surface area contributed by atoms with Crippen molar-refractivity contribution in [3.8, 4) is 11.1 Å². The number of hydrogen-bond donors (Lipinski definition) is 1. The molecule has 3 nitrogen and oxygen atoms in total. The quantitative estimate of drug-likeness (QED) is 0.363. The molecule has 30 heavy (non-hydrogen) atoms. The summed E-state index contributed by atoms with van der Waals surface area (Å²) in [5.74, 6) is 0.322. The molecule has 0 radical (unpaired) electrons. The molecule has 0 saturated heterocycles. The Hall–Kier alpha value is -2.13. The number of carbonyl (C=O) groups is 1. The summed E-state index contributed by atoms with van der Waals surface area (Å²) in [6.07, 6.45) is 9.48. The first-order valence-electron chi connectivity index (χ1n) is 11.7. The summed E-state index contributed by atoms with van der Waals surface area (Å²) in [7, 11) is 0. The van der Waals surface area contributed by atoms with Crippen LogP contribution in [0.2, 0.25) is 0 Å². The van der Waals surface area contributed by atoms with Crippen molar-refractivity contribution in [2.75, 3.05) is 0 Å². The number of esters is 1. The lowest BCUT2D eigenvalue weighted by atomic mass is 9.82. The van der Waals surface area contributed by atoms with Gasteiger partial charge in [-0.05, 0) is 80.2 Å². The highest BCUT2D eigenvalue weighted by atomic mass is 16.5. The summed E-state index contributed by atoms with van der Waals surface area (Å²) in [6, 6.07) is 16.4. The molecule has 0 bridgehead atoms. The van der Waals surface area contributed by atoms with Crippen molar-refractivity contribution in [2.24, 2.45) is 0 Å². The van der Waals surface area contributed by atoms with Gasteiger partial charge in [-0.3, -0.25) is 0 Å². The van der Waals surface area contributed by atoms with Crippen molar-refractivity contribution in [3.05, 3.63) is 59.7 Å². The molecule has 0 amide bonds. The molecular formula is C27H36O3. The van der Waals surface area contributed by atoms with Crippen molar-refractivity contribution >= 4 is 5.97 Å². The van der Waals surface area contributed by atoms with Crippen LogP contribution in [0, 0.1) is 0 Å². The number of aliphatic hydroxyl groups excluding tert-OH is 1. The van der Waals surface area contributed by atoms with Gasteiger partial charge in [0.1, 0.15) is 0 Å². The van der Waals surface area contributed by atoms with Crippen molar-refractivity contribution in [2.45, 2.75) is 89.8 Å². The monoisotopic (exact) mass is 408 g/mol. The molecule has 3 heteroatoms. The molecule has 0 heterocycles. The summed E-state index contributed by atoms with van der Waals surface area (Å²) in [4.78, 5) is 12.4. The summed E-state index contributed by atoms with van der Waals surface area (Å²) in [6.45, 7) is 4.18. The minimum absolute atomic E-state index is 0.0394. The molecule has 1 aliphatic carbocycles. The maximum atomic E-state index is 12.4. The molecule has 0 spiro atoms. The number of aliphatic hydroxyl groups is 1. The SMILES string of the molecule is CCCCCC[C@@H](C)OC(=O)c1ccc(-c2ccc([C@H]3CC[C@H](O)CC3)cc2)cc1. The number of carbonyl (C=O) groups excluding carboxylic acids is 1. The van der Waals surface area contributed by atoms with Gasteiger partial charge in [-0.15, -0.1) is 0 Å². The van der Waals surface area contributed by atoms with E-state index in [0.29, 0.717) is 11.5 Å². The van der Waals surface area contributed by atoms with Gasteiger partial charge in [-0.1, -0.05) is 62.6 Å². The van der Waals surface area contributed by atoms with Crippen LogP contribution in [0.3, 0.4) is 0 Å². The van der Waals surface area contributed by atoms with Gasteiger partial charge in [-0.25, -0.2) is 4.79 Å².